The van der Waals surface area contributed by atoms with E-state index in [1.54, 1.807) is 16.8 Å². The van der Waals surface area contributed by atoms with E-state index in [0.717, 1.165) is 19.5 Å². The van der Waals surface area contributed by atoms with E-state index >= 15 is 0 Å². The van der Waals surface area contributed by atoms with Gasteiger partial charge in [0, 0.05) is 30.4 Å². The monoisotopic (exact) mass is 276 g/mol. The summed E-state index contributed by atoms with van der Waals surface area (Å²) >= 11 is 0. The molecule has 21 heavy (non-hydrogen) atoms. The summed E-state index contributed by atoms with van der Waals surface area (Å²) in [6.07, 6.45) is 9.37. The molecule has 1 aromatic carbocycles. The summed E-state index contributed by atoms with van der Waals surface area (Å²) < 4.78 is 0. The molecule has 2 nitrogen and oxygen atoms in total. The first-order chi connectivity index (χ1) is 10.3. The first kappa shape index (κ1) is 11.8. The molecule has 4 aliphatic rings. The van der Waals surface area contributed by atoms with Crippen molar-refractivity contribution in [1.82, 2.24) is 4.90 Å². The van der Waals surface area contributed by atoms with E-state index in [0.29, 0.717) is 12.0 Å². The highest BCUT2D eigenvalue weighted by Gasteiger charge is 2.43. The Morgan fingerprint density at radius 2 is 2.05 bits per heavy atom. The number of para-hydroxylation sites is 1. The van der Waals surface area contributed by atoms with Crippen molar-refractivity contribution in [3.05, 3.63) is 64.9 Å². The lowest BCUT2D eigenvalue weighted by Crippen LogP contribution is -2.48. The van der Waals surface area contributed by atoms with Crippen molar-refractivity contribution in [2.45, 2.75) is 18.9 Å². The van der Waals surface area contributed by atoms with Gasteiger partial charge in [-0.15, -0.1) is 0 Å². The Morgan fingerprint density at radius 1 is 1.14 bits per heavy atom. The highest BCUT2D eigenvalue weighted by molar-refractivity contribution is 5.68. The molecule has 1 fully saturated rings. The van der Waals surface area contributed by atoms with Crippen molar-refractivity contribution in [2.24, 2.45) is 5.92 Å². The fourth-order valence-electron chi connectivity index (χ4n) is 4.59. The molecule has 1 saturated heterocycles. The number of nitrogens with zero attached hydrogens (tertiary/aromatic N) is 2. The Morgan fingerprint density at radius 3 is 3.00 bits per heavy atom. The zero-order valence-corrected chi connectivity index (χ0v) is 12.4. The molecule has 0 bridgehead atoms. The summed E-state index contributed by atoms with van der Waals surface area (Å²) in [5, 5.41) is 0. The summed E-state index contributed by atoms with van der Waals surface area (Å²) in [6.45, 7) is 2.28. The zero-order valence-electron chi connectivity index (χ0n) is 12.4. The van der Waals surface area contributed by atoms with Crippen LogP contribution in [0.25, 0.3) is 0 Å². The first-order valence-corrected chi connectivity index (χ1v) is 8.00. The minimum Gasteiger partial charge on any atom is -0.342 e. The van der Waals surface area contributed by atoms with Crippen LogP contribution >= 0.6 is 0 Å². The number of hydrogen-bond donors (Lipinski definition) is 0. The molecule has 5 rings (SSSR count). The van der Waals surface area contributed by atoms with Gasteiger partial charge in [-0.3, -0.25) is 4.90 Å². The Kier molecular flexibility index (Phi) is 2.31. The summed E-state index contributed by atoms with van der Waals surface area (Å²) in [5.41, 5.74) is 7.69. The second-order valence-electron chi connectivity index (χ2n) is 6.67. The fraction of sp³-hybridized carbons (Fsp3) is 0.368. The molecule has 0 spiro atoms. The quantitative estimate of drug-likeness (QED) is 0.718. The summed E-state index contributed by atoms with van der Waals surface area (Å²) in [6, 6.07) is 9.57. The topological polar surface area (TPSA) is 6.48 Å². The van der Waals surface area contributed by atoms with Gasteiger partial charge in [0.2, 0.25) is 0 Å². The third kappa shape index (κ3) is 1.51. The molecule has 2 atom stereocenters. The van der Waals surface area contributed by atoms with Crippen LogP contribution < -0.4 is 4.90 Å². The van der Waals surface area contributed by atoms with Gasteiger partial charge < -0.3 is 4.90 Å². The second kappa shape index (κ2) is 4.11. The molecular weight excluding hydrogens is 256 g/mol. The van der Waals surface area contributed by atoms with Gasteiger partial charge in [-0.1, -0.05) is 36.4 Å². The van der Waals surface area contributed by atoms with E-state index in [1.807, 2.05) is 0 Å². The van der Waals surface area contributed by atoms with Gasteiger partial charge in [0.05, 0.1) is 6.04 Å². The third-order valence-electron chi connectivity index (χ3n) is 5.59. The molecule has 2 heteroatoms. The predicted octanol–water partition coefficient (Wildman–Crippen LogP) is 3.13. The SMILES string of the molecule is CN1CCN2C3=C4C(=CC=C[C@@H]4C[C@H]31)Cc1ccccc12. The van der Waals surface area contributed by atoms with Gasteiger partial charge >= 0.3 is 0 Å². The number of allylic oxidation sites excluding steroid dienone is 5. The van der Waals surface area contributed by atoms with Crippen LogP contribution in [0.4, 0.5) is 5.69 Å². The Hall–Kier alpha value is -1.80. The first-order valence-electron chi connectivity index (χ1n) is 8.00. The van der Waals surface area contributed by atoms with Crippen LogP contribution in [-0.2, 0) is 6.42 Å². The fourth-order valence-corrected chi connectivity index (χ4v) is 4.59. The van der Waals surface area contributed by atoms with E-state index < -0.39 is 0 Å². The van der Waals surface area contributed by atoms with Crippen LogP contribution in [-0.4, -0.2) is 31.1 Å². The van der Waals surface area contributed by atoms with Gasteiger partial charge in [-0.2, -0.15) is 0 Å². The average molecular weight is 276 g/mol. The normalized spacial score (nSPS) is 30.0. The van der Waals surface area contributed by atoms with Crippen LogP contribution in [0.5, 0.6) is 0 Å². The van der Waals surface area contributed by atoms with Crippen LogP contribution in [0.3, 0.4) is 0 Å². The van der Waals surface area contributed by atoms with Crippen molar-refractivity contribution in [1.29, 1.82) is 0 Å². The predicted molar refractivity (Wildman–Crippen MR) is 86.3 cm³/mol. The summed E-state index contributed by atoms with van der Waals surface area (Å²) in [7, 11) is 2.29. The molecule has 0 unspecified atom stereocenters. The second-order valence-corrected chi connectivity index (χ2v) is 6.67. The molecule has 106 valence electrons. The van der Waals surface area contributed by atoms with E-state index in [-0.39, 0.29) is 0 Å². The molecule has 0 N–H and O–H groups in total. The molecule has 0 amide bonds. The van der Waals surface area contributed by atoms with Crippen LogP contribution in [0, 0.1) is 5.92 Å². The minimum atomic E-state index is 0.594. The maximum Gasteiger partial charge on any atom is 0.0510 e. The van der Waals surface area contributed by atoms with Gasteiger partial charge in [0.25, 0.3) is 0 Å². The maximum atomic E-state index is 2.62. The van der Waals surface area contributed by atoms with E-state index in [4.69, 9.17) is 0 Å². The van der Waals surface area contributed by atoms with Crippen molar-refractivity contribution in [2.75, 3.05) is 25.0 Å². The molecule has 2 heterocycles. The van der Waals surface area contributed by atoms with Crippen molar-refractivity contribution >= 4 is 5.69 Å². The van der Waals surface area contributed by atoms with Crippen LogP contribution in [0.1, 0.15) is 12.0 Å². The number of rotatable bonds is 0. The molecule has 0 saturated carbocycles. The molecular formula is C19H20N2. The standard InChI is InChI=1S/C19H20N2/c1-20-9-10-21-16-8-3-2-5-13(16)11-14-6-4-7-15-12-17(20)19(21)18(14)15/h2-8,15,17H,9-12H2,1H3/t15-,17-/m1/s1. The lowest BCUT2D eigenvalue weighted by Gasteiger charge is -2.41. The molecule has 0 aromatic heterocycles. The molecule has 0 radical (unpaired) electrons. The smallest absolute Gasteiger partial charge is 0.0510 e. The maximum absolute atomic E-state index is 2.62. The third-order valence-corrected chi connectivity index (χ3v) is 5.59. The number of anilines is 1. The Labute approximate surface area is 126 Å². The number of likely N-dealkylation sites (N-methyl/N-ethyl adjacent to an activating group) is 1. The van der Waals surface area contributed by atoms with Gasteiger partial charge in [0.15, 0.2) is 0 Å². The van der Waals surface area contributed by atoms with E-state index in [2.05, 4.69) is 59.3 Å². The Bertz CT molecular complexity index is 710. The number of hydrogen-bond acceptors (Lipinski definition) is 2. The highest BCUT2D eigenvalue weighted by atomic mass is 15.3. The van der Waals surface area contributed by atoms with Gasteiger partial charge in [-0.25, -0.2) is 0 Å². The average Bonchev–Trinajstić information content (AvgIpc) is 2.83. The summed E-state index contributed by atoms with van der Waals surface area (Å²) in [4.78, 5) is 5.17. The highest BCUT2D eigenvalue weighted by Crippen LogP contribution is 2.49. The van der Waals surface area contributed by atoms with Crippen LogP contribution in [0.2, 0.25) is 0 Å². The largest absolute Gasteiger partial charge is 0.342 e. The van der Waals surface area contributed by atoms with Gasteiger partial charge in [0.1, 0.15) is 0 Å². The lowest BCUT2D eigenvalue weighted by molar-refractivity contribution is 0.244. The van der Waals surface area contributed by atoms with E-state index in [9.17, 15) is 0 Å². The zero-order chi connectivity index (χ0) is 14.0. The Balaban J connectivity index is 1.78. The van der Waals surface area contributed by atoms with Crippen molar-refractivity contribution in [3.8, 4) is 0 Å². The number of benzene rings is 1. The molecule has 2 aliphatic heterocycles. The van der Waals surface area contributed by atoms with E-state index in [1.165, 1.54) is 17.7 Å². The van der Waals surface area contributed by atoms with Crippen molar-refractivity contribution in [3.63, 3.8) is 0 Å². The number of piperazine rings is 1. The van der Waals surface area contributed by atoms with Crippen LogP contribution in [0.15, 0.2) is 59.3 Å². The van der Waals surface area contributed by atoms with Gasteiger partial charge in [-0.05, 0) is 42.7 Å². The molecule has 1 aromatic rings. The summed E-state index contributed by atoms with van der Waals surface area (Å²) in [5.74, 6) is 0.627. The number of fused-ring (bicyclic) bond motifs is 2. The van der Waals surface area contributed by atoms with Crippen molar-refractivity contribution < 1.29 is 0 Å². The lowest BCUT2D eigenvalue weighted by atomic mass is 9.87. The molecule has 2 aliphatic carbocycles. The minimum absolute atomic E-state index is 0.594.